The molecule has 168 valence electrons. The fourth-order valence-electron chi connectivity index (χ4n) is 4.33. The van der Waals surface area contributed by atoms with Crippen LogP contribution in [0.15, 0.2) is 18.5 Å². The maximum atomic E-state index is 12.9. The van der Waals surface area contributed by atoms with Gasteiger partial charge in [0.15, 0.2) is 0 Å². The van der Waals surface area contributed by atoms with Crippen molar-refractivity contribution in [3.8, 4) is 10.6 Å². The van der Waals surface area contributed by atoms with Crippen molar-refractivity contribution in [2.75, 3.05) is 6.54 Å². The lowest BCUT2D eigenvalue weighted by Gasteiger charge is -2.13. The van der Waals surface area contributed by atoms with Crippen molar-refractivity contribution < 1.29 is 6.22 Å². The monoisotopic (exact) mass is 484 g/mol. The third-order valence-electron chi connectivity index (χ3n) is 5.87. The van der Waals surface area contributed by atoms with Gasteiger partial charge in [-0.15, -0.1) is 34.0 Å². The average Bonchev–Trinajstić information content (AvgIpc) is 3.44. The molecule has 0 atom stereocenters. The molecule has 0 saturated heterocycles. The molecular weight excluding hydrogens is 456 g/mol. The largest absolute Gasteiger partial charge is 0.312 e. The Hall–Kier alpha value is -2.00. The van der Waals surface area contributed by atoms with Crippen LogP contribution in [0.4, 0.5) is 0 Å². The zero-order valence-electron chi connectivity index (χ0n) is 18.4. The van der Waals surface area contributed by atoms with Crippen LogP contribution in [0.2, 0.25) is 0 Å². The lowest BCUT2D eigenvalue weighted by atomic mass is 10.00. The van der Waals surface area contributed by atoms with Crippen LogP contribution < -0.4 is 5.32 Å². The number of hydrogen-bond donors (Lipinski definition) is 1. The normalized spacial score (nSPS) is 13.6. The highest BCUT2D eigenvalue weighted by Crippen LogP contribution is 2.41. The molecule has 0 aromatic carbocycles. The first kappa shape index (κ1) is 21.8. The predicted molar refractivity (Wildman–Crippen MR) is 136 cm³/mol. The Bertz CT molecular complexity index is 1240. The summed E-state index contributed by atoms with van der Waals surface area (Å²) >= 11 is 5.29. The first-order valence-corrected chi connectivity index (χ1v) is 13.5. The minimum absolute atomic E-state index is 0. The average molecular weight is 485 g/mol. The molecule has 0 spiro atoms. The summed E-state index contributed by atoms with van der Waals surface area (Å²) in [6.07, 6.45) is 8.79. The molecule has 32 heavy (non-hydrogen) atoms. The van der Waals surface area contributed by atoms with Gasteiger partial charge < -0.3 is 5.32 Å². The standard InChI is InChI=1S/C24H26N4OS3.H2/c1-14-19(30-15(2)27-14)6-4-3-5-16(29)11-21-23(17-7-9-26-13-22(17)31-21)24-28-18-12-25-10-8-20(18)32-24;/h8,10,12,26H,3-7,9,11,13H2,1-2H3;1H. The number of thiophene rings is 1. The van der Waals surface area contributed by atoms with Gasteiger partial charge in [0.25, 0.3) is 0 Å². The number of fused-ring (bicyclic) bond motifs is 2. The summed E-state index contributed by atoms with van der Waals surface area (Å²) in [4.78, 5) is 30.4. The van der Waals surface area contributed by atoms with E-state index in [1.165, 1.54) is 25.8 Å². The first-order valence-electron chi connectivity index (χ1n) is 11.1. The number of pyridine rings is 1. The van der Waals surface area contributed by atoms with Gasteiger partial charge in [-0.1, -0.05) is 0 Å². The fraction of sp³-hybridized carbons (Fsp3) is 0.417. The number of thiazole rings is 2. The molecule has 5 nitrogen and oxygen atoms in total. The second-order valence-corrected chi connectivity index (χ2v) is 11.8. The lowest BCUT2D eigenvalue weighted by molar-refractivity contribution is -0.118. The Morgan fingerprint density at radius 3 is 2.88 bits per heavy atom. The van der Waals surface area contributed by atoms with Crippen molar-refractivity contribution >= 4 is 50.0 Å². The molecule has 5 rings (SSSR count). The van der Waals surface area contributed by atoms with Gasteiger partial charge in [0, 0.05) is 47.2 Å². The van der Waals surface area contributed by atoms with Crippen LogP contribution in [0.25, 0.3) is 20.8 Å². The van der Waals surface area contributed by atoms with E-state index in [1.807, 2.05) is 18.5 Å². The van der Waals surface area contributed by atoms with E-state index in [9.17, 15) is 4.79 Å². The summed E-state index contributed by atoms with van der Waals surface area (Å²) in [6.45, 7) is 6.01. The van der Waals surface area contributed by atoms with Crippen LogP contribution in [0, 0.1) is 13.8 Å². The molecule has 1 aliphatic rings. The number of aryl methyl sites for hydroxylation is 3. The third-order valence-corrected chi connectivity index (χ3v) is 9.29. The van der Waals surface area contributed by atoms with Gasteiger partial charge in [-0.05, 0) is 57.7 Å². The quantitative estimate of drug-likeness (QED) is 0.315. The Balaban J connectivity index is 0.00000259. The number of nitrogens with one attached hydrogen (secondary N) is 1. The Morgan fingerprint density at radius 2 is 2.06 bits per heavy atom. The van der Waals surface area contributed by atoms with Gasteiger partial charge in [-0.2, -0.15) is 0 Å². The number of aromatic nitrogens is 3. The van der Waals surface area contributed by atoms with Crippen LogP contribution in [0.3, 0.4) is 0 Å². The van der Waals surface area contributed by atoms with Crippen LogP contribution in [0.1, 0.15) is 51.6 Å². The van der Waals surface area contributed by atoms with Gasteiger partial charge in [0.05, 0.1) is 21.6 Å². The number of rotatable bonds is 8. The minimum Gasteiger partial charge on any atom is -0.312 e. The number of carbonyl (C=O) groups is 1. The van der Waals surface area contributed by atoms with Crippen LogP contribution in [-0.2, 0) is 30.6 Å². The molecule has 0 fully saturated rings. The van der Waals surface area contributed by atoms with Crippen molar-refractivity contribution in [1.82, 2.24) is 20.3 Å². The Labute approximate surface area is 201 Å². The van der Waals surface area contributed by atoms with Crippen LogP contribution in [-0.4, -0.2) is 27.3 Å². The van der Waals surface area contributed by atoms with Gasteiger partial charge in [0.1, 0.15) is 16.3 Å². The second-order valence-electron chi connectivity index (χ2n) is 8.26. The van der Waals surface area contributed by atoms with E-state index in [2.05, 4.69) is 29.1 Å². The highest BCUT2D eigenvalue weighted by Gasteiger charge is 2.25. The molecule has 0 saturated carbocycles. The van der Waals surface area contributed by atoms with E-state index in [1.54, 1.807) is 34.0 Å². The molecule has 0 aliphatic carbocycles. The maximum absolute atomic E-state index is 12.9. The van der Waals surface area contributed by atoms with E-state index in [-0.39, 0.29) is 1.43 Å². The number of nitrogens with zero attached hydrogens (tertiary/aromatic N) is 3. The van der Waals surface area contributed by atoms with Gasteiger partial charge in [0.2, 0.25) is 0 Å². The molecule has 0 unspecified atom stereocenters. The number of hydrogen-bond acceptors (Lipinski definition) is 8. The second kappa shape index (κ2) is 9.47. The zero-order chi connectivity index (χ0) is 22.1. The summed E-state index contributed by atoms with van der Waals surface area (Å²) in [5, 5.41) is 5.63. The Kier molecular flexibility index (Phi) is 6.46. The molecule has 1 N–H and O–H groups in total. The van der Waals surface area contributed by atoms with E-state index in [0.717, 1.165) is 64.7 Å². The number of Topliss-reactive ketones (excluding diaryl/α,β-unsaturated/α-hetero) is 1. The summed E-state index contributed by atoms with van der Waals surface area (Å²) in [5.41, 5.74) is 4.69. The van der Waals surface area contributed by atoms with Crippen molar-refractivity contribution in [3.63, 3.8) is 0 Å². The van der Waals surface area contributed by atoms with Gasteiger partial charge in [-0.3, -0.25) is 9.78 Å². The highest BCUT2D eigenvalue weighted by atomic mass is 32.1. The molecule has 8 heteroatoms. The van der Waals surface area contributed by atoms with Crippen molar-refractivity contribution in [1.29, 1.82) is 0 Å². The first-order chi connectivity index (χ1) is 15.6. The van der Waals surface area contributed by atoms with E-state index in [4.69, 9.17) is 4.98 Å². The summed E-state index contributed by atoms with van der Waals surface area (Å²) in [6, 6.07) is 2.02. The molecule has 4 aromatic heterocycles. The number of ketones is 1. The number of carbonyl (C=O) groups excluding carboxylic acids is 1. The molecular formula is C24H28N4OS3. The predicted octanol–water partition coefficient (Wildman–Crippen LogP) is 5.91. The van der Waals surface area contributed by atoms with Crippen molar-refractivity contribution in [2.24, 2.45) is 0 Å². The molecule has 0 amide bonds. The summed E-state index contributed by atoms with van der Waals surface area (Å²) in [5.74, 6) is 0.331. The van der Waals surface area contributed by atoms with E-state index in [0.29, 0.717) is 18.6 Å². The smallest absolute Gasteiger partial charge is 0.138 e. The minimum atomic E-state index is 0. The topological polar surface area (TPSA) is 67.8 Å². The SMILES string of the molecule is Cc1nc(C)c(CCCCC(=O)Cc2sc3c(c2-c2nc4cnccc4s2)CCNC3)s1.[HH]. The van der Waals surface area contributed by atoms with E-state index >= 15 is 0 Å². The van der Waals surface area contributed by atoms with Crippen LogP contribution >= 0.6 is 34.0 Å². The fourth-order valence-corrected chi connectivity index (χ4v) is 7.76. The summed E-state index contributed by atoms with van der Waals surface area (Å²) in [7, 11) is 0. The van der Waals surface area contributed by atoms with Crippen LogP contribution in [0.5, 0.6) is 0 Å². The van der Waals surface area contributed by atoms with Gasteiger partial charge in [-0.25, -0.2) is 9.97 Å². The molecule has 0 radical (unpaired) electrons. The number of unbranched alkanes of at least 4 members (excludes halogenated alkanes) is 1. The molecule has 0 bridgehead atoms. The van der Waals surface area contributed by atoms with Crippen molar-refractivity contribution in [2.45, 2.75) is 58.9 Å². The third kappa shape index (κ3) is 4.55. The van der Waals surface area contributed by atoms with E-state index < -0.39 is 0 Å². The summed E-state index contributed by atoms with van der Waals surface area (Å²) < 4.78 is 1.15. The highest BCUT2D eigenvalue weighted by molar-refractivity contribution is 7.22. The molecule has 4 aromatic rings. The molecule has 5 heterocycles. The van der Waals surface area contributed by atoms with Crippen molar-refractivity contribution in [3.05, 3.63) is 49.4 Å². The Morgan fingerprint density at radius 1 is 1.16 bits per heavy atom. The lowest BCUT2D eigenvalue weighted by Crippen LogP contribution is -2.22. The maximum Gasteiger partial charge on any atom is 0.138 e. The van der Waals surface area contributed by atoms with Gasteiger partial charge >= 0.3 is 0 Å². The molecule has 1 aliphatic heterocycles. The zero-order valence-corrected chi connectivity index (χ0v) is 20.8.